The molecule has 102 valence electrons. The summed E-state index contributed by atoms with van der Waals surface area (Å²) in [6.45, 7) is 7.00. The number of aliphatic hydroxyl groups is 1. The fourth-order valence-electron chi connectivity index (χ4n) is 2.39. The molecular formula is C15H18O4. The van der Waals surface area contributed by atoms with Gasteiger partial charge >= 0.3 is 5.97 Å². The Morgan fingerprint density at radius 3 is 2.68 bits per heavy atom. The van der Waals surface area contributed by atoms with Gasteiger partial charge in [0.1, 0.15) is 6.10 Å². The highest BCUT2D eigenvalue weighted by atomic mass is 16.6. The predicted molar refractivity (Wildman–Crippen MR) is 70.4 cm³/mol. The molecule has 0 amide bonds. The Balaban J connectivity index is 2.42. The Kier molecular flexibility index (Phi) is 3.47. The molecule has 1 aromatic rings. The number of esters is 1. The monoisotopic (exact) mass is 262 g/mol. The van der Waals surface area contributed by atoms with Crippen LogP contribution in [-0.4, -0.2) is 29.4 Å². The molecule has 1 aromatic carbocycles. The van der Waals surface area contributed by atoms with Crippen molar-refractivity contribution in [3.63, 3.8) is 0 Å². The van der Waals surface area contributed by atoms with Crippen molar-refractivity contribution in [1.29, 1.82) is 0 Å². The summed E-state index contributed by atoms with van der Waals surface area (Å²) in [4.78, 5) is 12.0. The van der Waals surface area contributed by atoms with Crippen LogP contribution in [0.4, 0.5) is 0 Å². The number of rotatable bonds is 5. The zero-order valence-corrected chi connectivity index (χ0v) is 11.1. The Bertz CT molecular complexity index is 480. The van der Waals surface area contributed by atoms with Crippen molar-refractivity contribution in [2.45, 2.75) is 31.2 Å². The van der Waals surface area contributed by atoms with E-state index in [9.17, 15) is 9.90 Å². The highest BCUT2D eigenvalue weighted by Gasteiger charge is 2.70. The van der Waals surface area contributed by atoms with Crippen LogP contribution in [0.25, 0.3) is 0 Å². The molecule has 3 atom stereocenters. The third-order valence-corrected chi connectivity index (χ3v) is 3.47. The lowest BCUT2D eigenvalue weighted by molar-refractivity contribution is -0.171. The van der Waals surface area contributed by atoms with Gasteiger partial charge in [-0.15, -0.1) is 6.58 Å². The maximum atomic E-state index is 12.0. The minimum absolute atomic E-state index is 0.207. The van der Waals surface area contributed by atoms with Crippen molar-refractivity contribution < 1.29 is 19.4 Å². The van der Waals surface area contributed by atoms with E-state index in [2.05, 4.69) is 6.58 Å². The maximum Gasteiger partial charge on any atom is 0.341 e. The maximum absolute atomic E-state index is 12.0. The standard InChI is InChI=1S/C15H18O4/c1-4-12-15(19-12,11-9-7-6-8-10-11)14(3,17)13(16)18-5-2/h4,6-10,12,17H,1,5H2,2-3H3/t12-,14-,15-/m0/s1. The second-order valence-corrected chi connectivity index (χ2v) is 4.67. The summed E-state index contributed by atoms with van der Waals surface area (Å²) in [5.41, 5.74) is -2.14. The van der Waals surface area contributed by atoms with Crippen LogP contribution in [-0.2, 0) is 19.9 Å². The number of hydrogen-bond acceptors (Lipinski definition) is 4. The lowest BCUT2D eigenvalue weighted by atomic mass is 9.80. The predicted octanol–water partition coefficient (Wildman–Crippen LogP) is 1.78. The van der Waals surface area contributed by atoms with E-state index in [1.807, 2.05) is 30.3 Å². The van der Waals surface area contributed by atoms with Crippen molar-refractivity contribution in [2.24, 2.45) is 0 Å². The SMILES string of the molecule is C=C[C@@H]1O[C@]1(c1ccccc1)[C@@](C)(O)C(=O)OCC. The number of hydrogen-bond donors (Lipinski definition) is 1. The molecule has 0 saturated carbocycles. The number of carbonyl (C=O) groups is 1. The number of carbonyl (C=O) groups excluding carboxylic acids is 1. The van der Waals surface area contributed by atoms with Crippen molar-refractivity contribution in [2.75, 3.05) is 6.61 Å². The molecule has 4 heteroatoms. The fourth-order valence-corrected chi connectivity index (χ4v) is 2.39. The van der Waals surface area contributed by atoms with E-state index in [-0.39, 0.29) is 6.61 Å². The molecule has 2 rings (SSSR count). The van der Waals surface area contributed by atoms with Gasteiger partial charge in [-0.25, -0.2) is 4.79 Å². The van der Waals surface area contributed by atoms with E-state index in [0.29, 0.717) is 0 Å². The quantitative estimate of drug-likeness (QED) is 0.499. The van der Waals surface area contributed by atoms with Crippen LogP contribution in [0.5, 0.6) is 0 Å². The molecule has 0 aliphatic carbocycles. The van der Waals surface area contributed by atoms with Gasteiger partial charge in [0.05, 0.1) is 6.61 Å². The smallest absolute Gasteiger partial charge is 0.341 e. The van der Waals surface area contributed by atoms with E-state index in [1.165, 1.54) is 6.92 Å². The number of benzene rings is 1. The summed E-state index contributed by atoms with van der Waals surface area (Å²) < 4.78 is 10.5. The Morgan fingerprint density at radius 2 is 2.21 bits per heavy atom. The zero-order valence-electron chi connectivity index (χ0n) is 11.1. The summed E-state index contributed by atoms with van der Waals surface area (Å²) in [7, 11) is 0. The van der Waals surface area contributed by atoms with Crippen LogP contribution in [0.3, 0.4) is 0 Å². The first-order valence-corrected chi connectivity index (χ1v) is 6.26. The molecular weight excluding hydrogens is 244 g/mol. The molecule has 0 bridgehead atoms. The van der Waals surface area contributed by atoms with Gasteiger partial charge in [-0.2, -0.15) is 0 Å². The minimum Gasteiger partial charge on any atom is -0.464 e. The van der Waals surface area contributed by atoms with Gasteiger partial charge < -0.3 is 14.6 Å². The van der Waals surface area contributed by atoms with Crippen LogP contribution >= 0.6 is 0 Å². The summed E-state index contributed by atoms with van der Waals surface area (Å²) in [6.07, 6.45) is 1.18. The van der Waals surface area contributed by atoms with E-state index in [0.717, 1.165) is 5.56 Å². The topological polar surface area (TPSA) is 59.1 Å². The van der Waals surface area contributed by atoms with Crippen LogP contribution in [0.1, 0.15) is 19.4 Å². The first kappa shape index (κ1) is 13.8. The number of ether oxygens (including phenoxy) is 2. The average Bonchev–Trinajstić information content (AvgIpc) is 3.16. The third-order valence-electron chi connectivity index (χ3n) is 3.47. The van der Waals surface area contributed by atoms with Crippen molar-refractivity contribution in [3.8, 4) is 0 Å². The van der Waals surface area contributed by atoms with Crippen molar-refractivity contribution >= 4 is 5.97 Å². The Hall–Kier alpha value is -1.65. The first-order chi connectivity index (χ1) is 9.00. The van der Waals surface area contributed by atoms with E-state index < -0.39 is 23.3 Å². The highest BCUT2D eigenvalue weighted by Crippen LogP contribution is 2.54. The van der Waals surface area contributed by atoms with E-state index in [1.54, 1.807) is 13.0 Å². The molecule has 4 nitrogen and oxygen atoms in total. The van der Waals surface area contributed by atoms with Crippen molar-refractivity contribution in [3.05, 3.63) is 48.6 Å². The molecule has 1 N–H and O–H groups in total. The third kappa shape index (κ3) is 1.97. The molecule has 1 aliphatic heterocycles. The van der Waals surface area contributed by atoms with Gasteiger partial charge in [0.2, 0.25) is 0 Å². The lowest BCUT2D eigenvalue weighted by Gasteiger charge is -2.28. The zero-order chi connectivity index (χ0) is 14.1. The summed E-state index contributed by atoms with van der Waals surface area (Å²) in [6, 6.07) is 9.16. The van der Waals surface area contributed by atoms with Gasteiger partial charge in [0.25, 0.3) is 0 Å². The van der Waals surface area contributed by atoms with Crippen molar-refractivity contribution in [1.82, 2.24) is 0 Å². The average molecular weight is 262 g/mol. The Morgan fingerprint density at radius 1 is 1.58 bits per heavy atom. The van der Waals surface area contributed by atoms with Gasteiger partial charge in [-0.1, -0.05) is 36.4 Å². The van der Waals surface area contributed by atoms with Crippen LogP contribution in [0, 0.1) is 0 Å². The molecule has 0 aromatic heterocycles. The minimum atomic E-state index is -1.76. The van der Waals surface area contributed by atoms with Gasteiger partial charge in [0, 0.05) is 0 Å². The normalized spacial score (nSPS) is 28.3. The van der Waals surface area contributed by atoms with Gasteiger partial charge in [-0.05, 0) is 19.4 Å². The fraction of sp³-hybridized carbons (Fsp3) is 0.400. The summed E-state index contributed by atoms with van der Waals surface area (Å²) in [5.74, 6) is -0.691. The molecule has 1 saturated heterocycles. The summed E-state index contributed by atoms with van der Waals surface area (Å²) in [5, 5.41) is 10.6. The molecule has 1 aliphatic rings. The molecule has 0 spiro atoms. The molecule has 0 unspecified atom stereocenters. The molecule has 19 heavy (non-hydrogen) atoms. The van der Waals surface area contributed by atoms with E-state index in [4.69, 9.17) is 9.47 Å². The van der Waals surface area contributed by atoms with Gasteiger partial charge in [0.15, 0.2) is 11.2 Å². The van der Waals surface area contributed by atoms with E-state index >= 15 is 0 Å². The van der Waals surface area contributed by atoms with Crippen LogP contribution in [0.2, 0.25) is 0 Å². The lowest BCUT2D eigenvalue weighted by Crippen LogP contribution is -2.50. The molecule has 1 heterocycles. The summed E-state index contributed by atoms with van der Waals surface area (Å²) >= 11 is 0. The van der Waals surface area contributed by atoms with Crippen LogP contribution < -0.4 is 0 Å². The highest BCUT2D eigenvalue weighted by molar-refractivity contribution is 5.82. The largest absolute Gasteiger partial charge is 0.464 e. The molecule has 1 fully saturated rings. The second kappa shape index (κ2) is 4.79. The molecule has 0 radical (unpaired) electrons. The Labute approximate surface area is 112 Å². The first-order valence-electron chi connectivity index (χ1n) is 6.26. The number of epoxide rings is 1. The van der Waals surface area contributed by atoms with Crippen LogP contribution in [0.15, 0.2) is 43.0 Å². The second-order valence-electron chi connectivity index (χ2n) is 4.67. The van der Waals surface area contributed by atoms with Gasteiger partial charge in [-0.3, -0.25) is 0 Å².